The van der Waals surface area contributed by atoms with E-state index in [0.29, 0.717) is 18.2 Å². The first kappa shape index (κ1) is 15.2. The summed E-state index contributed by atoms with van der Waals surface area (Å²) in [5, 5.41) is 4.22. The Kier molecular flexibility index (Phi) is 4.92. The molecule has 1 N–H and O–H groups in total. The molecule has 0 aliphatic rings. The van der Waals surface area contributed by atoms with Crippen molar-refractivity contribution in [2.45, 2.75) is 52.0 Å². The number of nitrogens with zero attached hydrogens (tertiary/aromatic N) is 2. The first-order valence-corrected chi connectivity index (χ1v) is 7.77. The van der Waals surface area contributed by atoms with Crippen LogP contribution in [0.1, 0.15) is 45.9 Å². The molecular weight excluding hydrogens is 250 g/mol. The minimum absolute atomic E-state index is 0.156. The quantitative estimate of drug-likeness (QED) is 0.863. The van der Waals surface area contributed by atoms with Gasteiger partial charge in [-0.25, -0.2) is 13.1 Å². The van der Waals surface area contributed by atoms with Gasteiger partial charge >= 0.3 is 0 Å². The van der Waals surface area contributed by atoms with Crippen molar-refractivity contribution in [1.82, 2.24) is 14.5 Å². The first-order chi connectivity index (χ1) is 8.24. The molecule has 0 fully saturated rings. The predicted octanol–water partition coefficient (Wildman–Crippen LogP) is 2.10. The highest BCUT2D eigenvalue weighted by Gasteiger charge is 2.20. The van der Waals surface area contributed by atoms with E-state index in [-0.39, 0.29) is 10.9 Å². The summed E-state index contributed by atoms with van der Waals surface area (Å²) in [5.41, 5.74) is 0.542. The zero-order chi connectivity index (χ0) is 13.9. The maximum Gasteiger partial charge on any atom is 0.243 e. The number of sulfonamides is 1. The van der Waals surface area contributed by atoms with Gasteiger partial charge < -0.3 is 0 Å². The maximum absolute atomic E-state index is 12.1. The fourth-order valence-electron chi connectivity index (χ4n) is 1.55. The average Bonchev–Trinajstić information content (AvgIpc) is 2.60. The standard InChI is InChI=1S/C12H23N3O2S/c1-9(2)6-7-13-18(16,17)12-8-15(10(3)4)14-11(12)5/h8-10,13H,6-7H2,1-5H3. The summed E-state index contributed by atoms with van der Waals surface area (Å²) < 4.78 is 28.5. The van der Waals surface area contributed by atoms with Gasteiger partial charge in [0.2, 0.25) is 10.0 Å². The zero-order valence-corrected chi connectivity index (χ0v) is 12.6. The second-order valence-electron chi connectivity index (χ2n) is 5.23. The Hall–Kier alpha value is -0.880. The fourth-order valence-corrected chi connectivity index (χ4v) is 2.77. The molecule has 0 bridgehead atoms. The average molecular weight is 273 g/mol. The Balaban J connectivity index is 2.85. The summed E-state index contributed by atoms with van der Waals surface area (Å²) in [6.07, 6.45) is 2.42. The molecule has 1 rings (SSSR count). The van der Waals surface area contributed by atoms with Gasteiger partial charge in [0.1, 0.15) is 4.90 Å². The molecule has 0 aliphatic carbocycles. The summed E-state index contributed by atoms with van der Waals surface area (Å²) in [6.45, 7) is 10.2. The van der Waals surface area contributed by atoms with E-state index in [1.807, 2.05) is 13.8 Å². The van der Waals surface area contributed by atoms with Gasteiger partial charge in [0.25, 0.3) is 0 Å². The molecule has 0 atom stereocenters. The van der Waals surface area contributed by atoms with Crippen molar-refractivity contribution >= 4 is 10.0 Å². The predicted molar refractivity (Wildman–Crippen MR) is 72.0 cm³/mol. The molecule has 0 spiro atoms. The normalized spacial score (nSPS) is 12.6. The lowest BCUT2D eigenvalue weighted by Gasteiger charge is -2.07. The molecule has 6 heteroatoms. The van der Waals surface area contributed by atoms with Gasteiger partial charge in [-0.1, -0.05) is 13.8 Å². The molecule has 18 heavy (non-hydrogen) atoms. The molecule has 0 aliphatic heterocycles. The smallest absolute Gasteiger partial charge is 0.243 e. The van der Waals surface area contributed by atoms with Crippen molar-refractivity contribution < 1.29 is 8.42 Å². The lowest BCUT2D eigenvalue weighted by atomic mass is 10.1. The van der Waals surface area contributed by atoms with Gasteiger partial charge in [0, 0.05) is 18.8 Å². The van der Waals surface area contributed by atoms with Crippen LogP contribution in [0.3, 0.4) is 0 Å². The van der Waals surface area contributed by atoms with Crippen LogP contribution in [-0.4, -0.2) is 24.7 Å². The van der Waals surface area contributed by atoms with E-state index in [4.69, 9.17) is 0 Å². The highest BCUT2D eigenvalue weighted by atomic mass is 32.2. The molecule has 0 aromatic carbocycles. The Morgan fingerprint density at radius 1 is 1.33 bits per heavy atom. The minimum atomic E-state index is -3.43. The molecule has 1 aromatic heterocycles. The van der Waals surface area contributed by atoms with Gasteiger partial charge in [-0.05, 0) is 33.1 Å². The first-order valence-electron chi connectivity index (χ1n) is 6.29. The summed E-state index contributed by atoms with van der Waals surface area (Å²) in [4.78, 5) is 0.278. The van der Waals surface area contributed by atoms with E-state index >= 15 is 0 Å². The third-order valence-corrected chi connectivity index (χ3v) is 4.27. The van der Waals surface area contributed by atoms with Crippen LogP contribution >= 0.6 is 0 Å². The van der Waals surface area contributed by atoms with E-state index < -0.39 is 10.0 Å². The van der Waals surface area contributed by atoms with Crippen molar-refractivity contribution in [2.24, 2.45) is 5.92 Å². The van der Waals surface area contributed by atoms with Crippen LogP contribution in [0.15, 0.2) is 11.1 Å². The monoisotopic (exact) mass is 273 g/mol. The number of rotatable bonds is 6. The van der Waals surface area contributed by atoms with Crippen LogP contribution in [-0.2, 0) is 10.0 Å². The topological polar surface area (TPSA) is 64.0 Å². The SMILES string of the molecule is Cc1nn(C(C)C)cc1S(=O)(=O)NCCC(C)C. The van der Waals surface area contributed by atoms with E-state index in [1.165, 1.54) is 0 Å². The third kappa shape index (κ3) is 3.81. The van der Waals surface area contributed by atoms with Crippen LogP contribution < -0.4 is 4.72 Å². The molecule has 0 unspecified atom stereocenters. The highest BCUT2D eigenvalue weighted by molar-refractivity contribution is 7.89. The Bertz CT molecular complexity index is 489. The molecule has 0 saturated carbocycles. The Morgan fingerprint density at radius 2 is 1.94 bits per heavy atom. The number of hydrogen-bond acceptors (Lipinski definition) is 3. The Labute approximate surface area is 110 Å². The van der Waals surface area contributed by atoms with Crippen molar-refractivity contribution in [3.8, 4) is 0 Å². The van der Waals surface area contributed by atoms with Gasteiger partial charge in [-0.15, -0.1) is 0 Å². The van der Waals surface area contributed by atoms with Crippen LogP contribution in [0.4, 0.5) is 0 Å². The number of nitrogens with one attached hydrogen (secondary N) is 1. The van der Waals surface area contributed by atoms with Crippen LogP contribution in [0.25, 0.3) is 0 Å². The largest absolute Gasteiger partial charge is 0.269 e. The molecule has 0 radical (unpaired) electrons. The maximum atomic E-state index is 12.1. The fraction of sp³-hybridized carbons (Fsp3) is 0.750. The van der Waals surface area contributed by atoms with E-state index in [1.54, 1.807) is 17.8 Å². The molecule has 1 heterocycles. The van der Waals surface area contributed by atoms with Crippen LogP contribution in [0.2, 0.25) is 0 Å². The van der Waals surface area contributed by atoms with Crippen molar-refractivity contribution in [3.63, 3.8) is 0 Å². The second kappa shape index (κ2) is 5.84. The van der Waals surface area contributed by atoms with Crippen molar-refractivity contribution in [3.05, 3.63) is 11.9 Å². The van der Waals surface area contributed by atoms with Crippen molar-refractivity contribution in [1.29, 1.82) is 0 Å². The van der Waals surface area contributed by atoms with E-state index in [2.05, 4.69) is 23.7 Å². The van der Waals surface area contributed by atoms with Gasteiger partial charge in [-0.3, -0.25) is 4.68 Å². The zero-order valence-electron chi connectivity index (χ0n) is 11.8. The van der Waals surface area contributed by atoms with E-state index in [0.717, 1.165) is 6.42 Å². The van der Waals surface area contributed by atoms with Gasteiger partial charge in [0.05, 0.1) is 5.69 Å². The molecule has 1 aromatic rings. The van der Waals surface area contributed by atoms with Crippen molar-refractivity contribution in [2.75, 3.05) is 6.54 Å². The molecule has 5 nitrogen and oxygen atoms in total. The highest BCUT2D eigenvalue weighted by Crippen LogP contribution is 2.16. The summed E-state index contributed by atoms with van der Waals surface area (Å²) >= 11 is 0. The minimum Gasteiger partial charge on any atom is -0.269 e. The summed E-state index contributed by atoms with van der Waals surface area (Å²) in [6, 6.07) is 0.156. The summed E-state index contributed by atoms with van der Waals surface area (Å²) in [7, 11) is -3.43. The molecule has 0 saturated heterocycles. The second-order valence-corrected chi connectivity index (χ2v) is 6.97. The van der Waals surface area contributed by atoms with Crippen LogP contribution in [0, 0.1) is 12.8 Å². The lowest BCUT2D eigenvalue weighted by molar-refractivity contribution is 0.528. The van der Waals surface area contributed by atoms with Crippen LogP contribution in [0.5, 0.6) is 0 Å². The molecule has 104 valence electrons. The number of aromatic nitrogens is 2. The number of hydrogen-bond donors (Lipinski definition) is 1. The number of aryl methyl sites for hydroxylation is 1. The Morgan fingerprint density at radius 3 is 2.39 bits per heavy atom. The molecule has 0 amide bonds. The van der Waals surface area contributed by atoms with Gasteiger partial charge in [-0.2, -0.15) is 5.10 Å². The third-order valence-electron chi connectivity index (χ3n) is 2.70. The lowest BCUT2D eigenvalue weighted by Crippen LogP contribution is -2.25. The van der Waals surface area contributed by atoms with Gasteiger partial charge in [0.15, 0.2) is 0 Å². The summed E-state index contributed by atoms with van der Waals surface area (Å²) in [5.74, 6) is 0.479. The van der Waals surface area contributed by atoms with E-state index in [9.17, 15) is 8.42 Å². The molecular formula is C12H23N3O2S.